The van der Waals surface area contributed by atoms with Gasteiger partial charge in [-0.25, -0.2) is 4.98 Å². The number of hydrogen-bond donors (Lipinski definition) is 1. The highest BCUT2D eigenvalue weighted by Gasteiger charge is 2.11. The van der Waals surface area contributed by atoms with E-state index in [1.807, 2.05) is 36.4 Å². The molecule has 0 unspecified atom stereocenters. The van der Waals surface area contributed by atoms with E-state index in [4.69, 9.17) is 16.0 Å². The molecule has 0 aliphatic carbocycles. The first-order chi connectivity index (χ1) is 13.1. The quantitative estimate of drug-likeness (QED) is 0.545. The molecular formula is C19H15ClN4O2S. The highest BCUT2D eigenvalue weighted by Crippen LogP contribution is 2.29. The van der Waals surface area contributed by atoms with E-state index in [1.54, 1.807) is 6.92 Å². The average Bonchev–Trinajstić information content (AvgIpc) is 3.25. The zero-order valence-corrected chi connectivity index (χ0v) is 16.0. The fourth-order valence-electron chi connectivity index (χ4n) is 2.65. The Kier molecular flexibility index (Phi) is 4.87. The summed E-state index contributed by atoms with van der Waals surface area (Å²) >= 11 is 7.47. The monoisotopic (exact) mass is 398 g/mol. The minimum absolute atomic E-state index is 0.136. The van der Waals surface area contributed by atoms with E-state index in [-0.39, 0.29) is 18.9 Å². The topological polar surface area (TPSA) is 80.9 Å². The summed E-state index contributed by atoms with van der Waals surface area (Å²) in [6.45, 7) is 1.92. The summed E-state index contributed by atoms with van der Waals surface area (Å²) in [7, 11) is 0. The van der Waals surface area contributed by atoms with Crippen molar-refractivity contribution >= 4 is 39.1 Å². The Morgan fingerprint density at radius 1 is 1.15 bits per heavy atom. The van der Waals surface area contributed by atoms with Gasteiger partial charge in [-0.2, -0.15) is 0 Å². The standard InChI is InChI=1S/C19H15ClN4O2S/c1-11-23-24-18(26-11)10-21-17(25)9-19-22-15-7-4-13(8-16(15)27-19)12-2-5-14(20)6-3-12/h2-8H,9-10H2,1H3,(H,21,25). The van der Waals surface area contributed by atoms with Crippen LogP contribution in [-0.4, -0.2) is 21.1 Å². The number of halogens is 1. The molecule has 2 aromatic heterocycles. The average molecular weight is 399 g/mol. The third-order valence-corrected chi connectivity index (χ3v) is 5.20. The van der Waals surface area contributed by atoms with Crippen LogP contribution in [0.3, 0.4) is 0 Å². The van der Waals surface area contributed by atoms with Crippen molar-refractivity contribution in [2.24, 2.45) is 0 Å². The molecule has 0 spiro atoms. The fraction of sp³-hybridized carbons (Fsp3) is 0.158. The molecule has 8 heteroatoms. The third kappa shape index (κ3) is 4.15. The molecule has 0 aliphatic rings. The fourth-order valence-corrected chi connectivity index (χ4v) is 3.78. The van der Waals surface area contributed by atoms with Crippen molar-refractivity contribution < 1.29 is 9.21 Å². The smallest absolute Gasteiger partial charge is 0.235 e. The van der Waals surface area contributed by atoms with E-state index in [2.05, 4.69) is 26.6 Å². The molecule has 6 nitrogen and oxygen atoms in total. The van der Waals surface area contributed by atoms with Gasteiger partial charge in [0, 0.05) is 11.9 Å². The predicted molar refractivity (Wildman–Crippen MR) is 105 cm³/mol. The van der Waals surface area contributed by atoms with Crippen molar-refractivity contribution in [2.45, 2.75) is 19.9 Å². The molecule has 1 amide bonds. The summed E-state index contributed by atoms with van der Waals surface area (Å²) in [5.74, 6) is 0.725. The summed E-state index contributed by atoms with van der Waals surface area (Å²) in [5.41, 5.74) is 3.06. The van der Waals surface area contributed by atoms with E-state index >= 15 is 0 Å². The lowest BCUT2D eigenvalue weighted by Crippen LogP contribution is -2.24. The molecule has 0 bridgehead atoms. The number of fused-ring (bicyclic) bond motifs is 1. The molecule has 4 aromatic rings. The molecule has 0 saturated heterocycles. The maximum absolute atomic E-state index is 12.1. The van der Waals surface area contributed by atoms with E-state index in [9.17, 15) is 4.79 Å². The number of nitrogens with one attached hydrogen (secondary N) is 1. The van der Waals surface area contributed by atoms with Crippen LogP contribution in [0.5, 0.6) is 0 Å². The van der Waals surface area contributed by atoms with Gasteiger partial charge in [0.25, 0.3) is 0 Å². The van der Waals surface area contributed by atoms with Crippen LogP contribution >= 0.6 is 22.9 Å². The molecule has 0 saturated carbocycles. The highest BCUT2D eigenvalue weighted by molar-refractivity contribution is 7.18. The Labute approximate surface area is 164 Å². The van der Waals surface area contributed by atoms with Crippen LogP contribution in [-0.2, 0) is 17.8 Å². The van der Waals surface area contributed by atoms with Crippen LogP contribution in [0.2, 0.25) is 5.02 Å². The maximum Gasteiger partial charge on any atom is 0.235 e. The number of thiazole rings is 1. The second-order valence-corrected chi connectivity index (χ2v) is 7.52. The number of carbonyl (C=O) groups is 1. The van der Waals surface area contributed by atoms with Crippen LogP contribution in [0.4, 0.5) is 0 Å². The van der Waals surface area contributed by atoms with E-state index in [0.717, 1.165) is 26.4 Å². The van der Waals surface area contributed by atoms with Crippen LogP contribution in [0.25, 0.3) is 21.3 Å². The van der Waals surface area contributed by atoms with Crippen LogP contribution in [0.15, 0.2) is 46.9 Å². The molecule has 0 radical (unpaired) electrons. The lowest BCUT2D eigenvalue weighted by Gasteiger charge is -2.01. The van der Waals surface area contributed by atoms with Gasteiger partial charge in [-0.3, -0.25) is 4.79 Å². The first kappa shape index (κ1) is 17.6. The Balaban J connectivity index is 1.46. The minimum Gasteiger partial charge on any atom is -0.424 e. The Bertz CT molecular complexity index is 1100. The van der Waals surface area contributed by atoms with E-state index in [1.165, 1.54) is 11.3 Å². The summed E-state index contributed by atoms with van der Waals surface area (Å²) in [5, 5.41) is 11.8. The molecule has 136 valence electrons. The van der Waals surface area contributed by atoms with Gasteiger partial charge in [-0.15, -0.1) is 21.5 Å². The molecule has 27 heavy (non-hydrogen) atoms. The third-order valence-electron chi connectivity index (χ3n) is 3.93. The van der Waals surface area contributed by atoms with E-state index < -0.39 is 0 Å². The van der Waals surface area contributed by atoms with Crippen molar-refractivity contribution in [3.05, 3.63) is 64.3 Å². The second kappa shape index (κ2) is 7.46. The number of benzene rings is 2. The highest BCUT2D eigenvalue weighted by atomic mass is 35.5. The lowest BCUT2D eigenvalue weighted by molar-refractivity contribution is -0.120. The SMILES string of the molecule is Cc1nnc(CNC(=O)Cc2nc3ccc(-c4ccc(Cl)cc4)cc3s2)o1. The first-order valence-corrected chi connectivity index (χ1v) is 9.47. The summed E-state index contributed by atoms with van der Waals surface area (Å²) in [4.78, 5) is 16.7. The van der Waals surface area contributed by atoms with E-state index in [0.29, 0.717) is 16.8 Å². The largest absolute Gasteiger partial charge is 0.424 e. The van der Waals surface area contributed by atoms with Crippen LogP contribution in [0, 0.1) is 6.92 Å². The number of nitrogens with zero attached hydrogens (tertiary/aromatic N) is 3. The van der Waals surface area contributed by atoms with Gasteiger partial charge in [-0.1, -0.05) is 29.8 Å². The van der Waals surface area contributed by atoms with Gasteiger partial charge in [0.1, 0.15) is 5.01 Å². The number of rotatable bonds is 5. The number of aromatic nitrogens is 3. The molecule has 0 fully saturated rings. The van der Waals surface area contributed by atoms with Gasteiger partial charge in [0.15, 0.2) is 0 Å². The molecular weight excluding hydrogens is 384 g/mol. The minimum atomic E-state index is -0.136. The Morgan fingerprint density at radius 2 is 1.93 bits per heavy atom. The molecule has 4 rings (SSSR count). The van der Waals surface area contributed by atoms with Crippen molar-refractivity contribution in [3.63, 3.8) is 0 Å². The zero-order chi connectivity index (χ0) is 18.8. The van der Waals surface area contributed by atoms with Gasteiger partial charge in [0.05, 0.1) is 23.2 Å². The zero-order valence-electron chi connectivity index (χ0n) is 14.4. The number of carbonyl (C=O) groups excluding carboxylic acids is 1. The Hall–Kier alpha value is -2.77. The number of amides is 1. The Morgan fingerprint density at radius 3 is 2.67 bits per heavy atom. The lowest BCUT2D eigenvalue weighted by atomic mass is 10.1. The molecule has 2 heterocycles. The van der Waals surface area contributed by atoms with Gasteiger partial charge in [-0.05, 0) is 35.4 Å². The first-order valence-electron chi connectivity index (χ1n) is 8.28. The summed E-state index contributed by atoms with van der Waals surface area (Å²) in [6.07, 6.45) is 0.211. The molecule has 1 N–H and O–H groups in total. The second-order valence-electron chi connectivity index (χ2n) is 5.97. The number of hydrogen-bond acceptors (Lipinski definition) is 6. The normalized spacial score (nSPS) is 11.0. The maximum atomic E-state index is 12.1. The van der Waals surface area contributed by atoms with Crippen LogP contribution < -0.4 is 5.32 Å². The van der Waals surface area contributed by atoms with Crippen LogP contribution in [0.1, 0.15) is 16.8 Å². The van der Waals surface area contributed by atoms with Gasteiger partial charge < -0.3 is 9.73 Å². The molecule has 0 atom stereocenters. The van der Waals surface area contributed by atoms with Crippen molar-refractivity contribution in [1.82, 2.24) is 20.5 Å². The molecule has 0 aliphatic heterocycles. The summed E-state index contributed by atoms with van der Waals surface area (Å²) < 4.78 is 6.28. The van der Waals surface area contributed by atoms with Crippen molar-refractivity contribution in [1.29, 1.82) is 0 Å². The molecule has 2 aromatic carbocycles. The number of aryl methyl sites for hydroxylation is 1. The van der Waals surface area contributed by atoms with Gasteiger partial charge in [0.2, 0.25) is 17.7 Å². The van der Waals surface area contributed by atoms with Crippen molar-refractivity contribution in [2.75, 3.05) is 0 Å². The van der Waals surface area contributed by atoms with Crippen molar-refractivity contribution in [3.8, 4) is 11.1 Å². The summed E-state index contributed by atoms with van der Waals surface area (Å²) in [6, 6.07) is 13.8. The predicted octanol–water partition coefficient (Wildman–Crippen LogP) is 4.17. The van der Waals surface area contributed by atoms with Gasteiger partial charge >= 0.3 is 0 Å².